The van der Waals surface area contributed by atoms with E-state index in [9.17, 15) is 0 Å². The summed E-state index contributed by atoms with van der Waals surface area (Å²) in [7, 11) is 0. The summed E-state index contributed by atoms with van der Waals surface area (Å²) in [6.45, 7) is 20.1. The Morgan fingerprint density at radius 1 is 0.955 bits per heavy atom. The standard InChI is InChI=1S/C22H40/c1-12(2)20-15(5)10-18(20)9-13(3)16(6)21-17(7)22(21,8)19-11-14(19)4/h12-21H,9-11H2,1-8H3. The van der Waals surface area contributed by atoms with Crippen molar-refractivity contribution in [2.45, 2.75) is 74.7 Å². The molecule has 0 N–H and O–H groups in total. The summed E-state index contributed by atoms with van der Waals surface area (Å²) in [4.78, 5) is 0. The first-order valence-electron chi connectivity index (χ1n) is 10.2. The van der Waals surface area contributed by atoms with Gasteiger partial charge in [-0.05, 0) is 83.9 Å². The fourth-order valence-electron chi connectivity index (χ4n) is 7.15. The molecule has 0 amide bonds. The van der Waals surface area contributed by atoms with Crippen LogP contribution in [0.15, 0.2) is 0 Å². The van der Waals surface area contributed by atoms with Crippen molar-refractivity contribution in [3.8, 4) is 0 Å². The maximum atomic E-state index is 2.61. The molecule has 3 aliphatic rings. The van der Waals surface area contributed by atoms with Crippen LogP contribution in [-0.4, -0.2) is 0 Å². The zero-order valence-electron chi connectivity index (χ0n) is 16.4. The molecule has 3 fully saturated rings. The Balaban J connectivity index is 1.56. The lowest BCUT2D eigenvalue weighted by atomic mass is 9.58. The van der Waals surface area contributed by atoms with Crippen LogP contribution in [0.5, 0.6) is 0 Å². The Kier molecular flexibility index (Phi) is 4.23. The second kappa shape index (κ2) is 5.52. The van der Waals surface area contributed by atoms with Crippen molar-refractivity contribution in [1.82, 2.24) is 0 Å². The SMILES string of the molecule is CC(C)C1C(C)CC1CC(C)C(C)C1C(C)C1(C)C1CC1C. The highest BCUT2D eigenvalue weighted by atomic mass is 14.7. The molecule has 3 aliphatic carbocycles. The largest absolute Gasteiger partial charge is 0.0625 e. The number of hydrogen-bond acceptors (Lipinski definition) is 0. The lowest BCUT2D eigenvalue weighted by Crippen LogP contribution is -2.40. The van der Waals surface area contributed by atoms with Crippen molar-refractivity contribution in [3.05, 3.63) is 0 Å². The summed E-state index contributed by atoms with van der Waals surface area (Å²) in [5.41, 5.74) is 0.692. The summed E-state index contributed by atoms with van der Waals surface area (Å²) in [6.07, 6.45) is 4.50. The highest BCUT2D eigenvalue weighted by Crippen LogP contribution is 2.73. The molecule has 0 aromatic heterocycles. The van der Waals surface area contributed by atoms with Crippen LogP contribution in [0, 0.1) is 64.6 Å². The fourth-order valence-corrected chi connectivity index (χ4v) is 7.15. The topological polar surface area (TPSA) is 0 Å². The van der Waals surface area contributed by atoms with E-state index in [0.29, 0.717) is 5.41 Å². The van der Waals surface area contributed by atoms with Gasteiger partial charge in [-0.2, -0.15) is 0 Å². The van der Waals surface area contributed by atoms with Gasteiger partial charge in [0, 0.05) is 0 Å². The summed E-state index contributed by atoms with van der Waals surface area (Å²) in [6, 6.07) is 0. The molecule has 3 rings (SSSR count). The first kappa shape index (κ1) is 16.8. The number of rotatable bonds is 6. The van der Waals surface area contributed by atoms with E-state index in [-0.39, 0.29) is 0 Å². The van der Waals surface area contributed by atoms with Gasteiger partial charge in [-0.15, -0.1) is 0 Å². The average Bonchev–Trinajstić information content (AvgIpc) is 3.26. The van der Waals surface area contributed by atoms with Gasteiger partial charge in [0.15, 0.2) is 0 Å². The lowest BCUT2D eigenvalue weighted by molar-refractivity contribution is 0.0190. The fraction of sp³-hybridized carbons (Fsp3) is 1.00. The summed E-state index contributed by atoms with van der Waals surface area (Å²) in [5, 5.41) is 0. The van der Waals surface area contributed by atoms with E-state index in [2.05, 4.69) is 55.4 Å². The molecule has 10 unspecified atom stereocenters. The van der Waals surface area contributed by atoms with E-state index < -0.39 is 0 Å². The lowest BCUT2D eigenvalue weighted by Gasteiger charge is -2.47. The molecule has 0 bridgehead atoms. The summed E-state index contributed by atoms with van der Waals surface area (Å²) < 4.78 is 0. The third kappa shape index (κ3) is 2.48. The maximum absolute atomic E-state index is 2.61. The average molecular weight is 305 g/mol. The molecule has 0 nitrogen and oxygen atoms in total. The second-order valence-electron chi connectivity index (χ2n) is 10.4. The third-order valence-electron chi connectivity index (χ3n) is 8.82. The Morgan fingerprint density at radius 2 is 1.55 bits per heavy atom. The van der Waals surface area contributed by atoms with Gasteiger partial charge in [0.2, 0.25) is 0 Å². The Morgan fingerprint density at radius 3 is 2.00 bits per heavy atom. The summed E-state index contributed by atoms with van der Waals surface area (Å²) >= 11 is 0. The van der Waals surface area contributed by atoms with Crippen LogP contribution in [0.3, 0.4) is 0 Å². The molecule has 0 saturated heterocycles. The molecule has 0 radical (unpaired) electrons. The first-order chi connectivity index (χ1) is 10.2. The highest BCUT2D eigenvalue weighted by Gasteiger charge is 2.68. The van der Waals surface area contributed by atoms with Crippen molar-refractivity contribution in [1.29, 1.82) is 0 Å². The third-order valence-corrected chi connectivity index (χ3v) is 8.82. The monoisotopic (exact) mass is 304 g/mol. The van der Waals surface area contributed by atoms with Crippen LogP contribution in [0.25, 0.3) is 0 Å². The molecule has 0 heteroatoms. The molecule has 0 spiro atoms. The van der Waals surface area contributed by atoms with Crippen molar-refractivity contribution in [3.63, 3.8) is 0 Å². The van der Waals surface area contributed by atoms with E-state index >= 15 is 0 Å². The summed E-state index contributed by atoms with van der Waals surface area (Å²) in [5.74, 6) is 9.77. The minimum atomic E-state index is 0.692. The van der Waals surface area contributed by atoms with Gasteiger partial charge < -0.3 is 0 Å². The van der Waals surface area contributed by atoms with E-state index in [1.165, 1.54) is 19.3 Å². The van der Waals surface area contributed by atoms with Gasteiger partial charge in [-0.3, -0.25) is 0 Å². The Labute approximate surface area is 139 Å². The van der Waals surface area contributed by atoms with E-state index in [0.717, 1.165) is 59.2 Å². The van der Waals surface area contributed by atoms with Crippen molar-refractivity contribution < 1.29 is 0 Å². The normalized spacial score (nSPS) is 53.0. The van der Waals surface area contributed by atoms with Gasteiger partial charge in [0.05, 0.1) is 0 Å². The predicted molar refractivity (Wildman–Crippen MR) is 96.6 cm³/mol. The van der Waals surface area contributed by atoms with Crippen molar-refractivity contribution in [2.24, 2.45) is 64.6 Å². The first-order valence-corrected chi connectivity index (χ1v) is 10.2. The number of hydrogen-bond donors (Lipinski definition) is 0. The van der Waals surface area contributed by atoms with Crippen molar-refractivity contribution >= 4 is 0 Å². The minimum Gasteiger partial charge on any atom is -0.0625 e. The molecule has 22 heavy (non-hydrogen) atoms. The van der Waals surface area contributed by atoms with Crippen LogP contribution >= 0.6 is 0 Å². The smallest absolute Gasteiger partial charge is 0.0233 e. The molecule has 3 saturated carbocycles. The van der Waals surface area contributed by atoms with Gasteiger partial charge in [0.25, 0.3) is 0 Å². The van der Waals surface area contributed by atoms with Crippen molar-refractivity contribution in [2.75, 3.05) is 0 Å². The van der Waals surface area contributed by atoms with Gasteiger partial charge >= 0.3 is 0 Å². The molecular formula is C22H40. The van der Waals surface area contributed by atoms with Gasteiger partial charge in [-0.25, -0.2) is 0 Å². The second-order valence-corrected chi connectivity index (χ2v) is 10.4. The van der Waals surface area contributed by atoms with E-state index in [1.54, 1.807) is 0 Å². The molecule has 0 aliphatic heterocycles. The maximum Gasteiger partial charge on any atom is -0.0233 e. The van der Waals surface area contributed by atoms with E-state index in [1.807, 2.05) is 0 Å². The highest BCUT2D eigenvalue weighted by molar-refractivity contribution is 5.16. The molecule has 10 atom stereocenters. The quantitative estimate of drug-likeness (QED) is 0.525. The minimum absolute atomic E-state index is 0.692. The predicted octanol–water partition coefficient (Wildman–Crippen LogP) is 6.51. The Hall–Kier alpha value is 0. The van der Waals surface area contributed by atoms with Crippen LogP contribution < -0.4 is 0 Å². The van der Waals surface area contributed by atoms with Crippen LogP contribution in [-0.2, 0) is 0 Å². The van der Waals surface area contributed by atoms with E-state index in [4.69, 9.17) is 0 Å². The van der Waals surface area contributed by atoms with Gasteiger partial charge in [0.1, 0.15) is 0 Å². The van der Waals surface area contributed by atoms with Crippen LogP contribution in [0.4, 0.5) is 0 Å². The molecule has 128 valence electrons. The molecular weight excluding hydrogens is 264 g/mol. The zero-order chi connectivity index (χ0) is 16.4. The van der Waals surface area contributed by atoms with Crippen LogP contribution in [0.1, 0.15) is 74.7 Å². The van der Waals surface area contributed by atoms with Crippen LogP contribution in [0.2, 0.25) is 0 Å². The molecule has 0 aromatic rings. The molecule has 0 aromatic carbocycles. The Bertz CT molecular complexity index is 406. The van der Waals surface area contributed by atoms with Gasteiger partial charge in [-0.1, -0.05) is 55.4 Å². The molecule has 0 heterocycles. The zero-order valence-corrected chi connectivity index (χ0v) is 16.4.